The van der Waals surface area contributed by atoms with Crippen molar-refractivity contribution < 1.29 is 0 Å². The summed E-state index contributed by atoms with van der Waals surface area (Å²) < 4.78 is 2.18. The molecule has 1 fully saturated rings. The number of nitrogens with one attached hydrogen (secondary N) is 1. The van der Waals surface area contributed by atoms with Crippen molar-refractivity contribution in [2.75, 3.05) is 7.05 Å². The number of hydrogen-bond donors (Lipinski definition) is 1. The van der Waals surface area contributed by atoms with Crippen LogP contribution in [0.25, 0.3) is 0 Å². The molecule has 0 aromatic carbocycles. The molecule has 0 saturated heterocycles. The molecule has 1 heterocycles. The van der Waals surface area contributed by atoms with E-state index in [2.05, 4.69) is 34.2 Å². The molecular weight excluding hydrogens is 200 g/mol. The van der Waals surface area contributed by atoms with Gasteiger partial charge >= 0.3 is 0 Å². The van der Waals surface area contributed by atoms with Gasteiger partial charge in [0.05, 0.1) is 17.4 Å². The Morgan fingerprint density at radius 2 is 2.06 bits per heavy atom. The number of aromatic nitrogens is 3. The fourth-order valence-electron chi connectivity index (χ4n) is 2.64. The van der Waals surface area contributed by atoms with Crippen molar-refractivity contribution in [2.45, 2.75) is 58.0 Å². The molecule has 0 unspecified atom stereocenters. The zero-order valence-electron chi connectivity index (χ0n) is 10.5. The fraction of sp³-hybridized carbons (Fsp3) is 0.833. The van der Waals surface area contributed by atoms with Gasteiger partial charge in [0.25, 0.3) is 0 Å². The van der Waals surface area contributed by atoms with Crippen molar-refractivity contribution >= 4 is 0 Å². The summed E-state index contributed by atoms with van der Waals surface area (Å²) in [5.74, 6) is 0.499. The number of hydrogen-bond acceptors (Lipinski definition) is 3. The smallest absolute Gasteiger partial charge is 0.0999 e. The molecule has 0 radical (unpaired) electrons. The van der Waals surface area contributed by atoms with Crippen molar-refractivity contribution in [1.29, 1.82) is 0 Å². The van der Waals surface area contributed by atoms with E-state index in [0.29, 0.717) is 12.0 Å². The largest absolute Gasteiger partial charge is 0.314 e. The third-order valence-electron chi connectivity index (χ3n) is 3.37. The zero-order chi connectivity index (χ0) is 11.5. The van der Waals surface area contributed by atoms with E-state index in [1.807, 2.05) is 7.05 Å². The average Bonchev–Trinajstić information content (AvgIpc) is 2.83. The quantitative estimate of drug-likeness (QED) is 0.849. The van der Waals surface area contributed by atoms with Gasteiger partial charge in [0, 0.05) is 6.54 Å². The van der Waals surface area contributed by atoms with Crippen LogP contribution in [0.3, 0.4) is 0 Å². The minimum absolute atomic E-state index is 0.499. The summed E-state index contributed by atoms with van der Waals surface area (Å²) in [6, 6.07) is 0.593. The van der Waals surface area contributed by atoms with Crippen LogP contribution in [0.5, 0.6) is 0 Å². The highest BCUT2D eigenvalue weighted by molar-refractivity contribution is 5.15. The van der Waals surface area contributed by atoms with Crippen LogP contribution in [-0.2, 0) is 6.54 Å². The molecule has 4 nitrogen and oxygen atoms in total. The Morgan fingerprint density at radius 1 is 1.38 bits per heavy atom. The van der Waals surface area contributed by atoms with Crippen LogP contribution in [0, 0.1) is 0 Å². The zero-order valence-corrected chi connectivity index (χ0v) is 10.5. The summed E-state index contributed by atoms with van der Waals surface area (Å²) in [6.07, 6.45) is 5.21. The fourth-order valence-corrected chi connectivity index (χ4v) is 2.64. The first kappa shape index (κ1) is 11.6. The van der Waals surface area contributed by atoms with Crippen molar-refractivity contribution in [2.24, 2.45) is 0 Å². The molecule has 0 amide bonds. The minimum atomic E-state index is 0.499. The molecule has 0 spiro atoms. The molecule has 1 N–H and O–H groups in total. The Labute approximate surface area is 97.4 Å². The predicted octanol–water partition coefficient (Wildman–Crippen LogP) is 2.24. The first-order chi connectivity index (χ1) is 7.74. The van der Waals surface area contributed by atoms with Crippen LogP contribution in [0.15, 0.2) is 0 Å². The van der Waals surface area contributed by atoms with E-state index in [1.54, 1.807) is 0 Å². The summed E-state index contributed by atoms with van der Waals surface area (Å²) in [4.78, 5) is 0. The first-order valence-corrected chi connectivity index (χ1v) is 6.32. The number of rotatable bonds is 4. The molecule has 90 valence electrons. The summed E-state index contributed by atoms with van der Waals surface area (Å²) in [7, 11) is 1.96. The number of nitrogens with zero attached hydrogens (tertiary/aromatic N) is 3. The highest BCUT2D eigenvalue weighted by Gasteiger charge is 2.24. The van der Waals surface area contributed by atoms with Crippen LogP contribution in [0.4, 0.5) is 0 Å². The van der Waals surface area contributed by atoms with Gasteiger partial charge in [-0.2, -0.15) is 0 Å². The lowest BCUT2D eigenvalue weighted by atomic mass is 10.1. The predicted molar refractivity (Wildman–Crippen MR) is 64.4 cm³/mol. The molecule has 2 rings (SSSR count). The molecule has 1 aromatic rings. The monoisotopic (exact) mass is 222 g/mol. The average molecular weight is 222 g/mol. The lowest BCUT2D eigenvalue weighted by Crippen LogP contribution is -2.14. The molecule has 4 heteroatoms. The van der Waals surface area contributed by atoms with Gasteiger partial charge in [0.1, 0.15) is 0 Å². The maximum absolute atomic E-state index is 4.36. The van der Waals surface area contributed by atoms with Gasteiger partial charge in [-0.25, -0.2) is 4.68 Å². The van der Waals surface area contributed by atoms with E-state index in [1.165, 1.54) is 31.4 Å². The molecule has 1 aliphatic rings. The second-order valence-electron chi connectivity index (χ2n) is 4.99. The lowest BCUT2D eigenvalue weighted by molar-refractivity contribution is 0.431. The molecular formula is C12H22N4. The van der Waals surface area contributed by atoms with E-state index in [0.717, 1.165) is 12.2 Å². The van der Waals surface area contributed by atoms with E-state index in [4.69, 9.17) is 0 Å². The van der Waals surface area contributed by atoms with Gasteiger partial charge < -0.3 is 5.32 Å². The summed E-state index contributed by atoms with van der Waals surface area (Å²) in [5.41, 5.74) is 2.44. The van der Waals surface area contributed by atoms with Crippen LogP contribution in [-0.4, -0.2) is 22.0 Å². The molecule has 0 aliphatic heterocycles. The van der Waals surface area contributed by atoms with Gasteiger partial charge in [-0.05, 0) is 25.8 Å². The van der Waals surface area contributed by atoms with Gasteiger partial charge in [0.2, 0.25) is 0 Å². The SMILES string of the molecule is CNCc1nnn(C2CCCC2)c1C(C)C. The van der Waals surface area contributed by atoms with Gasteiger partial charge in [-0.15, -0.1) is 5.10 Å². The van der Waals surface area contributed by atoms with Crippen molar-refractivity contribution in [3.8, 4) is 0 Å². The molecule has 1 aromatic heterocycles. The minimum Gasteiger partial charge on any atom is -0.314 e. The first-order valence-electron chi connectivity index (χ1n) is 6.32. The van der Waals surface area contributed by atoms with Crippen LogP contribution < -0.4 is 5.32 Å². The Kier molecular flexibility index (Phi) is 3.59. The maximum atomic E-state index is 4.36. The van der Waals surface area contributed by atoms with E-state index >= 15 is 0 Å². The van der Waals surface area contributed by atoms with Crippen LogP contribution in [0.1, 0.15) is 62.9 Å². The third-order valence-corrected chi connectivity index (χ3v) is 3.37. The topological polar surface area (TPSA) is 42.7 Å². The molecule has 0 bridgehead atoms. The maximum Gasteiger partial charge on any atom is 0.0999 e. The highest BCUT2D eigenvalue weighted by atomic mass is 15.4. The molecule has 0 atom stereocenters. The van der Waals surface area contributed by atoms with E-state index < -0.39 is 0 Å². The van der Waals surface area contributed by atoms with Gasteiger partial charge in [-0.3, -0.25) is 0 Å². The van der Waals surface area contributed by atoms with E-state index in [-0.39, 0.29) is 0 Å². The second kappa shape index (κ2) is 4.95. The van der Waals surface area contributed by atoms with E-state index in [9.17, 15) is 0 Å². The normalized spacial score (nSPS) is 17.5. The Hall–Kier alpha value is -0.900. The summed E-state index contributed by atoms with van der Waals surface area (Å²) >= 11 is 0. The summed E-state index contributed by atoms with van der Waals surface area (Å²) in [5, 5.41) is 11.9. The Morgan fingerprint density at radius 3 is 2.62 bits per heavy atom. The van der Waals surface area contributed by atoms with Crippen LogP contribution in [0.2, 0.25) is 0 Å². The van der Waals surface area contributed by atoms with Crippen molar-refractivity contribution in [3.05, 3.63) is 11.4 Å². The molecule has 1 saturated carbocycles. The highest BCUT2D eigenvalue weighted by Crippen LogP contribution is 2.32. The molecule has 1 aliphatic carbocycles. The van der Waals surface area contributed by atoms with Gasteiger partial charge in [0.15, 0.2) is 0 Å². The third kappa shape index (κ3) is 2.12. The standard InChI is InChI=1S/C12H22N4/c1-9(2)12-11(8-13-3)14-15-16(12)10-6-4-5-7-10/h9-10,13H,4-8H2,1-3H3. The lowest BCUT2D eigenvalue weighted by Gasteiger charge is -2.16. The molecule has 16 heavy (non-hydrogen) atoms. The van der Waals surface area contributed by atoms with Crippen LogP contribution >= 0.6 is 0 Å². The Bertz CT molecular complexity index is 337. The van der Waals surface area contributed by atoms with Gasteiger partial charge in [-0.1, -0.05) is 31.9 Å². The second-order valence-corrected chi connectivity index (χ2v) is 4.99. The Balaban J connectivity index is 2.29. The van der Waals surface area contributed by atoms with Crippen molar-refractivity contribution in [3.63, 3.8) is 0 Å². The van der Waals surface area contributed by atoms with Crippen molar-refractivity contribution in [1.82, 2.24) is 20.3 Å². The summed E-state index contributed by atoms with van der Waals surface area (Å²) in [6.45, 7) is 5.27.